The van der Waals surface area contributed by atoms with Gasteiger partial charge in [-0.3, -0.25) is 4.79 Å². The number of hydrogen-bond donors (Lipinski definition) is 1. The molecule has 1 aliphatic rings. The summed E-state index contributed by atoms with van der Waals surface area (Å²) >= 11 is 5.54. The van der Waals surface area contributed by atoms with Crippen LogP contribution in [0.3, 0.4) is 0 Å². The van der Waals surface area contributed by atoms with Gasteiger partial charge in [0.2, 0.25) is 15.9 Å². The van der Waals surface area contributed by atoms with Gasteiger partial charge in [-0.25, -0.2) is 17.2 Å². The summed E-state index contributed by atoms with van der Waals surface area (Å²) in [7, 11) is -4.25. The van der Waals surface area contributed by atoms with E-state index in [2.05, 4.69) is 5.32 Å². The fourth-order valence-electron chi connectivity index (χ4n) is 3.22. The fourth-order valence-corrected chi connectivity index (χ4v) is 4.94. The van der Waals surface area contributed by atoms with Crippen molar-refractivity contribution in [2.24, 2.45) is 5.92 Å². The van der Waals surface area contributed by atoms with Gasteiger partial charge in [-0.15, -0.1) is 0 Å². The number of nitrogens with one attached hydrogen (secondary N) is 1. The number of hydrogen-bond acceptors (Lipinski definition) is 3. The van der Waals surface area contributed by atoms with E-state index >= 15 is 0 Å². The van der Waals surface area contributed by atoms with Crippen LogP contribution in [0.15, 0.2) is 41.3 Å². The highest BCUT2D eigenvalue weighted by atomic mass is 35.5. The monoisotopic (exact) mass is 482 g/mol. The summed E-state index contributed by atoms with van der Waals surface area (Å²) in [5.74, 6) is -2.84. The number of rotatable bonds is 4. The average molecular weight is 483 g/mol. The van der Waals surface area contributed by atoms with Crippen LogP contribution < -0.4 is 5.32 Å². The number of anilines is 1. The Morgan fingerprint density at radius 2 is 1.71 bits per heavy atom. The summed E-state index contributed by atoms with van der Waals surface area (Å²) in [5.41, 5.74) is -1.59. The molecule has 1 saturated heterocycles. The third-order valence-electron chi connectivity index (χ3n) is 4.89. The van der Waals surface area contributed by atoms with Crippen molar-refractivity contribution < 1.29 is 35.2 Å². The van der Waals surface area contributed by atoms with Gasteiger partial charge in [-0.05, 0) is 43.2 Å². The minimum atomic E-state index is -4.82. The van der Waals surface area contributed by atoms with Crippen LogP contribution in [-0.4, -0.2) is 31.7 Å². The Labute approximate surface area is 179 Å². The van der Waals surface area contributed by atoms with Gasteiger partial charge < -0.3 is 5.32 Å². The van der Waals surface area contributed by atoms with Crippen molar-refractivity contribution in [2.75, 3.05) is 18.4 Å². The fraction of sp³-hybridized carbons (Fsp3) is 0.316. The van der Waals surface area contributed by atoms with Crippen LogP contribution in [0.2, 0.25) is 5.02 Å². The first-order valence-corrected chi connectivity index (χ1v) is 10.8. The van der Waals surface area contributed by atoms with Crippen molar-refractivity contribution in [1.82, 2.24) is 4.31 Å². The van der Waals surface area contributed by atoms with E-state index < -0.39 is 55.1 Å². The van der Waals surface area contributed by atoms with E-state index in [9.17, 15) is 35.2 Å². The second-order valence-corrected chi connectivity index (χ2v) is 9.28. The standard InChI is InChI=1S/C19H16ClF5N2O3S/c20-15-3-2-13(10-14(15)19(23,24)25)31(29,30)27-7-5-11(6-8-27)18(28)26-17-9-12(21)1-4-16(17)22/h1-4,9-11H,5-8H2,(H,26,28). The van der Waals surface area contributed by atoms with E-state index in [1.54, 1.807) is 0 Å². The van der Waals surface area contributed by atoms with Gasteiger partial charge >= 0.3 is 6.18 Å². The highest BCUT2D eigenvalue weighted by molar-refractivity contribution is 7.89. The molecule has 5 nitrogen and oxygen atoms in total. The van der Waals surface area contributed by atoms with Crippen molar-refractivity contribution in [3.63, 3.8) is 0 Å². The van der Waals surface area contributed by atoms with Gasteiger partial charge in [0.15, 0.2) is 0 Å². The van der Waals surface area contributed by atoms with Crippen molar-refractivity contribution in [1.29, 1.82) is 0 Å². The largest absolute Gasteiger partial charge is 0.417 e. The van der Waals surface area contributed by atoms with Crippen molar-refractivity contribution in [3.05, 3.63) is 58.6 Å². The maximum Gasteiger partial charge on any atom is 0.417 e. The number of halogens is 6. The molecular weight excluding hydrogens is 467 g/mol. The molecule has 3 rings (SSSR count). The number of amides is 1. The molecule has 0 atom stereocenters. The first-order chi connectivity index (χ1) is 14.4. The number of benzene rings is 2. The lowest BCUT2D eigenvalue weighted by Crippen LogP contribution is -2.41. The van der Waals surface area contributed by atoms with Crippen LogP contribution in [0.1, 0.15) is 18.4 Å². The van der Waals surface area contributed by atoms with Gasteiger partial charge in [-0.1, -0.05) is 11.6 Å². The highest BCUT2D eigenvalue weighted by Crippen LogP contribution is 2.37. The molecule has 1 heterocycles. The molecule has 0 aromatic heterocycles. The Hall–Kier alpha value is -2.24. The predicted octanol–water partition coefficient (Wildman–Crippen LogP) is 4.68. The smallest absolute Gasteiger partial charge is 0.323 e. The molecule has 1 N–H and O–H groups in total. The Morgan fingerprint density at radius 3 is 2.32 bits per heavy atom. The molecule has 168 valence electrons. The highest BCUT2D eigenvalue weighted by Gasteiger charge is 2.37. The molecule has 0 spiro atoms. The lowest BCUT2D eigenvalue weighted by atomic mass is 9.97. The van der Waals surface area contributed by atoms with Crippen molar-refractivity contribution in [2.45, 2.75) is 23.9 Å². The van der Waals surface area contributed by atoms with Gasteiger partial charge in [0.1, 0.15) is 11.6 Å². The van der Waals surface area contributed by atoms with Crippen molar-refractivity contribution >= 4 is 33.2 Å². The lowest BCUT2D eigenvalue weighted by molar-refractivity contribution is -0.137. The topological polar surface area (TPSA) is 66.5 Å². The zero-order valence-electron chi connectivity index (χ0n) is 15.7. The molecule has 31 heavy (non-hydrogen) atoms. The number of nitrogens with zero attached hydrogens (tertiary/aromatic N) is 1. The molecule has 12 heteroatoms. The Kier molecular flexibility index (Phi) is 6.59. The third-order valence-corrected chi connectivity index (χ3v) is 7.12. The van der Waals surface area contributed by atoms with Crippen LogP contribution >= 0.6 is 11.6 Å². The molecule has 0 radical (unpaired) electrons. The van der Waals surface area contributed by atoms with E-state index in [1.165, 1.54) is 0 Å². The molecule has 2 aromatic rings. The summed E-state index contributed by atoms with van der Waals surface area (Å²) in [4.78, 5) is 11.8. The summed E-state index contributed by atoms with van der Waals surface area (Å²) < 4.78 is 92.5. The van der Waals surface area contributed by atoms with E-state index in [-0.39, 0.29) is 31.6 Å². The number of alkyl halides is 3. The quantitative estimate of drug-likeness (QED) is 0.644. The van der Waals surface area contributed by atoms with E-state index in [1.807, 2.05) is 0 Å². The first kappa shape index (κ1) is 23.4. The maximum atomic E-state index is 13.7. The van der Waals surface area contributed by atoms with Crippen LogP contribution in [-0.2, 0) is 21.0 Å². The Morgan fingerprint density at radius 1 is 1.06 bits per heavy atom. The summed E-state index contributed by atoms with van der Waals surface area (Å²) in [5, 5.41) is 1.66. The van der Waals surface area contributed by atoms with Crippen molar-refractivity contribution in [3.8, 4) is 0 Å². The number of carbonyl (C=O) groups excluding carboxylic acids is 1. The van der Waals surface area contributed by atoms with E-state index in [4.69, 9.17) is 11.6 Å². The number of carbonyl (C=O) groups is 1. The normalized spacial score (nSPS) is 16.3. The summed E-state index contributed by atoms with van der Waals surface area (Å²) in [6, 6.07) is 4.91. The molecule has 2 aromatic carbocycles. The van der Waals surface area contributed by atoms with Crippen LogP contribution in [0, 0.1) is 17.6 Å². The molecule has 0 saturated carbocycles. The molecule has 1 fully saturated rings. The zero-order valence-corrected chi connectivity index (χ0v) is 17.3. The average Bonchev–Trinajstić information content (AvgIpc) is 2.70. The third kappa shape index (κ3) is 5.16. The molecule has 1 amide bonds. The van der Waals surface area contributed by atoms with Crippen LogP contribution in [0.4, 0.5) is 27.6 Å². The number of sulfonamides is 1. The molecular formula is C19H16ClF5N2O3S. The van der Waals surface area contributed by atoms with Gasteiger partial charge in [0.05, 0.1) is 21.2 Å². The predicted molar refractivity (Wildman–Crippen MR) is 103 cm³/mol. The summed E-state index contributed by atoms with van der Waals surface area (Å²) in [6.07, 6.45) is -4.71. The van der Waals surface area contributed by atoms with Crippen LogP contribution in [0.25, 0.3) is 0 Å². The first-order valence-electron chi connectivity index (χ1n) is 9.02. The minimum Gasteiger partial charge on any atom is -0.323 e. The summed E-state index contributed by atoms with van der Waals surface area (Å²) in [6.45, 7) is -0.258. The van der Waals surface area contributed by atoms with Gasteiger partial charge in [0.25, 0.3) is 0 Å². The molecule has 0 aliphatic carbocycles. The van der Waals surface area contributed by atoms with Crippen LogP contribution in [0.5, 0.6) is 0 Å². The van der Waals surface area contributed by atoms with Gasteiger partial charge in [0, 0.05) is 25.1 Å². The number of piperidine rings is 1. The molecule has 0 unspecified atom stereocenters. The lowest BCUT2D eigenvalue weighted by Gasteiger charge is -2.30. The Bertz CT molecular complexity index is 1100. The van der Waals surface area contributed by atoms with Gasteiger partial charge in [-0.2, -0.15) is 17.5 Å². The SMILES string of the molecule is O=C(Nc1cc(F)ccc1F)C1CCN(S(=O)(=O)c2ccc(Cl)c(C(F)(F)F)c2)CC1. The molecule has 1 aliphatic heterocycles. The maximum absolute atomic E-state index is 13.7. The second-order valence-electron chi connectivity index (χ2n) is 6.93. The second kappa shape index (κ2) is 8.71. The molecule has 0 bridgehead atoms. The van der Waals surface area contributed by atoms with E-state index in [0.717, 1.165) is 34.6 Å². The Balaban J connectivity index is 1.70. The zero-order chi connectivity index (χ0) is 23.0. The van der Waals surface area contributed by atoms with E-state index in [0.29, 0.717) is 6.07 Å². The minimum absolute atomic E-state index is 0.0573.